The molecule has 4 amide bonds. The highest BCUT2D eigenvalue weighted by atomic mass is 16.6. The van der Waals surface area contributed by atoms with E-state index < -0.39 is 17.3 Å². The molecule has 194 valence electrons. The minimum absolute atomic E-state index is 0.0623. The summed E-state index contributed by atoms with van der Waals surface area (Å²) in [5, 5.41) is 2.67. The zero-order chi connectivity index (χ0) is 26.4. The van der Waals surface area contributed by atoms with Crippen molar-refractivity contribution in [2.24, 2.45) is 0 Å². The van der Waals surface area contributed by atoms with Gasteiger partial charge in [0.1, 0.15) is 11.2 Å². The second-order valence-electron chi connectivity index (χ2n) is 10.6. The number of alkyl carbamates (subject to hydrolysis) is 1. The molecule has 0 bridgehead atoms. The van der Waals surface area contributed by atoms with Crippen molar-refractivity contribution in [1.82, 2.24) is 20.0 Å². The number of nitrogens with zero attached hydrogens (tertiary/aromatic N) is 3. The van der Waals surface area contributed by atoms with E-state index in [1.165, 1.54) is 4.90 Å². The Morgan fingerprint density at radius 1 is 0.857 bits per heavy atom. The first-order chi connectivity index (χ1) is 16.1. The van der Waals surface area contributed by atoms with Crippen molar-refractivity contribution in [2.45, 2.75) is 59.3 Å². The topological polar surface area (TPSA) is 108 Å². The molecule has 10 nitrogen and oxygen atoms in total. The number of ether oxygens (including phenoxy) is 2. The van der Waals surface area contributed by atoms with Crippen LogP contribution in [-0.4, -0.2) is 89.7 Å². The largest absolute Gasteiger partial charge is 0.444 e. The van der Waals surface area contributed by atoms with Gasteiger partial charge in [0.15, 0.2) is 0 Å². The van der Waals surface area contributed by atoms with Crippen LogP contribution < -0.4 is 5.32 Å². The Morgan fingerprint density at radius 2 is 1.37 bits per heavy atom. The van der Waals surface area contributed by atoms with Gasteiger partial charge in [-0.3, -0.25) is 9.59 Å². The maximum absolute atomic E-state index is 12.8. The summed E-state index contributed by atoms with van der Waals surface area (Å²) in [4.78, 5) is 54.0. The summed E-state index contributed by atoms with van der Waals surface area (Å²) in [6, 6.07) is 6.82. The lowest BCUT2D eigenvalue weighted by molar-refractivity contribution is -0.133. The molecule has 0 unspecified atom stereocenters. The Morgan fingerprint density at radius 3 is 1.89 bits per heavy atom. The van der Waals surface area contributed by atoms with Crippen LogP contribution >= 0.6 is 0 Å². The van der Waals surface area contributed by atoms with Crippen molar-refractivity contribution >= 4 is 24.0 Å². The molecule has 1 heterocycles. The molecule has 1 saturated heterocycles. The van der Waals surface area contributed by atoms with Gasteiger partial charge in [0.2, 0.25) is 5.91 Å². The molecular formula is C25H38N4O6. The SMILES string of the molecule is CN(CC(=O)N1CCN(C(=O)OC(C)(C)C)CC1)C(=O)c1ccc(CNC(=O)OC(C)(C)C)cc1. The molecule has 0 aromatic heterocycles. The van der Waals surface area contributed by atoms with E-state index in [1.807, 2.05) is 20.8 Å². The van der Waals surface area contributed by atoms with Crippen LogP contribution in [0.15, 0.2) is 24.3 Å². The number of nitrogens with one attached hydrogen (secondary N) is 1. The molecule has 35 heavy (non-hydrogen) atoms. The molecular weight excluding hydrogens is 452 g/mol. The molecule has 10 heteroatoms. The lowest BCUT2D eigenvalue weighted by Gasteiger charge is -2.36. The predicted octanol–water partition coefficient (Wildman–Crippen LogP) is 2.86. The van der Waals surface area contributed by atoms with Crippen molar-refractivity contribution < 1.29 is 28.7 Å². The third-order valence-electron chi connectivity index (χ3n) is 5.04. The van der Waals surface area contributed by atoms with Crippen molar-refractivity contribution in [3.63, 3.8) is 0 Å². The first kappa shape index (κ1) is 27.9. The second kappa shape index (κ2) is 11.4. The van der Waals surface area contributed by atoms with Gasteiger partial charge in [0.05, 0.1) is 6.54 Å². The molecule has 1 aliphatic heterocycles. The summed E-state index contributed by atoms with van der Waals surface area (Å²) in [5.74, 6) is -0.458. The number of rotatable bonds is 5. The first-order valence-electron chi connectivity index (χ1n) is 11.7. The number of amides is 4. The van der Waals surface area contributed by atoms with Gasteiger partial charge in [-0.2, -0.15) is 0 Å². The van der Waals surface area contributed by atoms with Crippen molar-refractivity contribution in [3.8, 4) is 0 Å². The average Bonchev–Trinajstić information content (AvgIpc) is 2.75. The molecule has 1 aliphatic rings. The molecule has 0 radical (unpaired) electrons. The minimum atomic E-state index is -0.575. The summed E-state index contributed by atoms with van der Waals surface area (Å²) in [7, 11) is 1.58. The maximum Gasteiger partial charge on any atom is 0.410 e. The Kier molecular flexibility index (Phi) is 9.12. The van der Waals surface area contributed by atoms with Crippen LogP contribution in [0.5, 0.6) is 0 Å². The smallest absolute Gasteiger partial charge is 0.410 e. The summed E-state index contributed by atoms with van der Waals surface area (Å²) in [6.45, 7) is 12.6. The number of piperazine rings is 1. The van der Waals surface area contributed by atoms with Crippen molar-refractivity contribution in [1.29, 1.82) is 0 Å². The van der Waals surface area contributed by atoms with E-state index in [4.69, 9.17) is 9.47 Å². The van der Waals surface area contributed by atoms with E-state index in [-0.39, 0.29) is 31.0 Å². The lowest BCUT2D eigenvalue weighted by Crippen LogP contribution is -2.53. The lowest BCUT2D eigenvalue weighted by atomic mass is 10.1. The van der Waals surface area contributed by atoms with Gasteiger partial charge in [-0.05, 0) is 59.2 Å². The molecule has 0 atom stereocenters. The van der Waals surface area contributed by atoms with Crippen molar-refractivity contribution in [3.05, 3.63) is 35.4 Å². The van der Waals surface area contributed by atoms with Gasteiger partial charge < -0.3 is 29.5 Å². The standard InChI is InChI=1S/C25H38N4O6/c1-24(2,3)34-22(32)26-16-18-8-10-19(11-9-18)21(31)27(7)17-20(30)28-12-14-29(15-13-28)23(33)35-25(4,5)6/h8-11H,12-17H2,1-7H3,(H,26,32). The normalized spacial score (nSPS) is 14.3. The van der Waals surface area contributed by atoms with Gasteiger partial charge in [-0.1, -0.05) is 12.1 Å². The van der Waals surface area contributed by atoms with Crippen LogP contribution in [0, 0.1) is 0 Å². The number of likely N-dealkylation sites (N-methyl/N-ethyl adjacent to an activating group) is 1. The quantitative estimate of drug-likeness (QED) is 0.680. The molecule has 0 aliphatic carbocycles. The summed E-state index contributed by atoms with van der Waals surface area (Å²) in [5.41, 5.74) is 0.110. The highest BCUT2D eigenvalue weighted by molar-refractivity contribution is 5.96. The number of hydrogen-bond donors (Lipinski definition) is 1. The van der Waals surface area contributed by atoms with E-state index in [0.29, 0.717) is 31.7 Å². The van der Waals surface area contributed by atoms with Crippen LogP contribution in [0.4, 0.5) is 9.59 Å². The van der Waals surface area contributed by atoms with Crippen LogP contribution in [0.25, 0.3) is 0 Å². The Balaban J connectivity index is 1.81. The molecule has 1 aromatic carbocycles. The third kappa shape index (κ3) is 9.46. The van der Waals surface area contributed by atoms with Gasteiger partial charge in [-0.25, -0.2) is 9.59 Å². The van der Waals surface area contributed by atoms with E-state index >= 15 is 0 Å². The number of carbonyl (C=O) groups excluding carboxylic acids is 4. The number of benzene rings is 1. The Hall–Kier alpha value is -3.30. The highest BCUT2D eigenvalue weighted by Crippen LogP contribution is 2.13. The Labute approximate surface area is 207 Å². The monoisotopic (exact) mass is 490 g/mol. The minimum Gasteiger partial charge on any atom is -0.444 e. The molecule has 1 N–H and O–H groups in total. The summed E-state index contributed by atoms with van der Waals surface area (Å²) < 4.78 is 10.6. The fourth-order valence-electron chi connectivity index (χ4n) is 3.31. The van der Waals surface area contributed by atoms with E-state index in [9.17, 15) is 19.2 Å². The van der Waals surface area contributed by atoms with Gasteiger partial charge >= 0.3 is 12.2 Å². The Bertz CT molecular complexity index is 909. The predicted molar refractivity (Wildman–Crippen MR) is 131 cm³/mol. The fraction of sp³-hybridized carbons (Fsp3) is 0.600. The molecule has 0 saturated carbocycles. The number of hydrogen-bond acceptors (Lipinski definition) is 6. The van der Waals surface area contributed by atoms with Crippen LogP contribution in [0.1, 0.15) is 57.5 Å². The molecule has 2 rings (SSSR count). The van der Waals surface area contributed by atoms with E-state index in [0.717, 1.165) is 5.56 Å². The fourth-order valence-corrected chi connectivity index (χ4v) is 3.31. The molecule has 1 aromatic rings. The maximum atomic E-state index is 12.8. The average molecular weight is 491 g/mol. The number of carbonyl (C=O) groups is 4. The highest BCUT2D eigenvalue weighted by Gasteiger charge is 2.28. The molecule has 0 spiro atoms. The summed E-state index contributed by atoms with van der Waals surface area (Å²) in [6.07, 6.45) is -0.899. The zero-order valence-corrected chi connectivity index (χ0v) is 21.8. The van der Waals surface area contributed by atoms with Gasteiger partial charge in [0, 0.05) is 45.3 Å². The van der Waals surface area contributed by atoms with E-state index in [2.05, 4.69) is 5.32 Å². The van der Waals surface area contributed by atoms with Crippen LogP contribution in [0.3, 0.4) is 0 Å². The van der Waals surface area contributed by atoms with E-state index in [1.54, 1.807) is 61.9 Å². The van der Waals surface area contributed by atoms with Crippen LogP contribution in [0.2, 0.25) is 0 Å². The van der Waals surface area contributed by atoms with Gasteiger partial charge in [-0.15, -0.1) is 0 Å². The first-order valence-corrected chi connectivity index (χ1v) is 11.7. The zero-order valence-electron chi connectivity index (χ0n) is 21.8. The summed E-state index contributed by atoms with van der Waals surface area (Å²) >= 11 is 0. The van der Waals surface area contributed by atoms with Crippen LogP contribution in [-0.2, 0) is 20.8 Å². The van der Waals surface area contributed by atoms with Gasteiger partial charge in [0.25, 0.3) is 5.91 Å². The van der Waals surface area contributed by atoms with Crippen molar-refractivity contribution in [2.75, 3.05) is 39.8 Å². The third-order valence-corrected chi connectivity index (χ3v) is 5.04. The molecule has 1 fully saturated rings. The second-order valence-corrected chi connectivity index (χ2v) is 10.6.